The second-order valence-corrected chi connectivity index (χ2v) is 7.84. The minimum absolute atomic E-state index is 0.0230. The summed E-state index contributed by atoms with van der Waals surface area (Å²) < 4.78 is 10.8. The normalized spacial score (nSPS) is 16.6. The van der Waals surface area contributed by atoms with Gasteiger partial charge in [-0.05, 0) is 31.2 Å². The molecule has 2 aromatic heterocycles. The highest BCUT2D eigenvalue weighted by atomic mass is 16.5. The van der Waals surface area contributed by atoms with Crippen molar-refractivity contribution in [1.82, 2.24) is 19.9 Å². The number of carbonyl (C=O) groups excluding carboxylic acids is 1. The third-order valence-corrected chi connectivity index (χ3v) is 5.68. The minimum atomic E-state index is -0.0230. The Bertz CT molecular complexity index is 1050. The van der Waals surface area contributed by atoms with E-state index >= 15 is 0 Å². The first-order valence-electron chi connectivity index (χ1n) is 10.7. The van der Waals surface area contributed by atoms with E-state index in [-0.39, 0.29) is 11.8 Å². The Morgan fingerprint density at radius 2 is 2.06 bits per heavy atom. The molecule has 3 heterocycles. The number of hydrogen-bond acceptors (Lipinski definition) is 6. The zero-order valence-electron chi connectivity index (χ0n) is 18.1. The average Bonchev–Trinajstić information content (AvgIpc) is 2.82. The maximum Gasteiger partial charge on any atom is 0.273 e. The van der Waals surface area contributed by atoms with Crippen LogP contribution < -0.4 is 0 Å². The number of hydrogen-bond donors (Lipinski definition) is 0. The van der Waals surface area contributed by atoms with Gasteiger partial charge in [0.2, 0.25) is 0 Å². The maximum absolute atomic E-state index is 13.4. The number of carbonyl (C=O) groups is 1. The Labute approximate surface area is 182 Å². The molecule has 1 amide bonds. The summed E-state index contributed by atoms with van der Waals surface area (Å²) in [7, 11) is 1.65. The molecule has 0 radical (unpaired) electrons. The van der Waals surface area contributed by atoms with E-state index < -0.39 is 0 Å². The van der Waals surface area contributed by atoms with E-state index in [1.165, 1.54) is 0 Å². The molecule has 1 saturated heterocycles. The van der Waals surface area contributed by atoms with E-state index in [2.05, 4.69) is 9.97 Å². The monoisotopic (exact) mass is 420 g/mol. The number of rotatable bonds is 7. The Morgan fingerprint density at radius 1 is 1.19 bits per heavy atom. The highest BCUT2D eigenvalue weighted by Gasteiger charge is 2.29. The quantitative estimate of drug-likeness (QED) is 0.545. The molecule has 1 aromatic carbocycles. The van der Waals surface area contributed by atoms with Crippen LogP contribution in [0.25, 0.3) is 10.8 Å². The molecule has 162 valence electrons. The molecule has 1 unspecified atom stereocenters. The van der Waals surface area contributed by atoms with Gasteiger partial charge < -0.3 is 14.4 Å². The molecular weight excluding hydrogens is 392 g/mol. The second-order valence-electron chi connectivity index (χ2n) is 7.84. The first-order chi connectivity index (χ1) is 15.2. The largest absolute Gasteiger partial charge is 0.382 e. The van der Waals surface area contributed by atoms with Crippen LogP contribution in [0.4, 0.5) is 0 Å². The van der Waals surface area contributed by atoms with Crippen molar-refractivity contribution in [2.45, 2.75) is 32.3 Å². The van der Waals surface area contributed by atoms with E-state index in [0.717, 1.165) is 47.2 Å². The first kappa shape index (κ1) is 21.3. The Hall–Kier alpha value is -2.90. The maximum atomic E-state index is 13.4. The molecule has 0 saturated carbocycles. The Balaban J connectivity index is 1.55. The van der Waals surface area contributed by atoms with Crippen molar-refractivity contribution < 1.29 is 14.3 Å². The summed E-state index contributed by atoms with van der Waals surface area (Å²) in [6.45, 7) is 4.74. The number of likely N-dealkylation sites (tertiary alicyclic amines) is 1. The SMILES string of the molecule is COCCOCc1cnc(C)nc1C1CCCN(C(=O)c2nccc3ccccc23)C1. The van der Waals surface area contributed by atoms with Crippen LogP contribution in [0.5, 0.6) is 0 Å². The highest BCUT2D eigenvalue weighted by Crippen LogP contribution is 2.30. The number of benzene rings is 1. The summed E-state index contributed by atoms with van der Waals surface area (Å²) in [5.41, 5.74) is 2.47. The summed E-state index contributed by atoms with van der Waals surface area (Å²) in [6, 6.07) is 9.82. The van der Waals surface area contributed by atoms with Crippen LogP contribution in [0.2, 0.25) is 0 Å². The van der Waals surface area contributed by atoms with Gasteiger partial charge in [-0.25, -0.2) is 9.97 Å². The summed E-state index contributed by atoms with van der Waals surface area (Å²) in [5, 5.41) is 1.92. The molecule has 0 bridgehead atoms. The molecule has 0 spiro atoms. The van der Waals surface area contributed by atoms with Crippen LogP contribution in [0.15, 0.2) is 42.7 Å². The van der Waals surface area contributed by atoms with Crippen LogP contribution in [-0.2, 0) is 16.1 Å². The van der Waals surface area contributed by atoms with E-state index in [1.54, 1.807) is 13.3 Å². The standard InChI is InChI=1S/C24H28N4O3/c1-17-26-14-20(16-31-13-12-30-2)22(27-17)19-7-5-11-28(15-19)24(29)23-21-8-4-3-6-18(21)9-10-25-23/h3-4,6,8-10,14,19H,5,7,11-13,15-16H2,1-2H3. The number of pyridine rings is 1. The van der Waals surface area contributed by atoms with Gasteiger partial charge in [0, 0.05) is 49.5 Å². The van der Waals surface area contributed by atoms with E-state index in [1.807, 2.05) is 48.4 Å². The van der Waals surface area contributed by atoms with Crippen LogP contribution in [0.3, 0.4) is 0 Å². The zero-order chi connectivity index (χ0) is 21.6. The molecule has 0 aliphatic carbocycles. The Kier molecular flexibility index (Phi) is 6.84. The lowest BCUT2D eigenvalue weighted by molar-refractivity contribution is 0.0602. The van der Waals surface area contributed by atoms with E-state index in [0.29, 0.717) is 32.1 Å². The topological polar surface area (TPSA) is 77.4 Å². The van der Waals surface area contributed by atoms with Crippen molar-refractivity contribution in [3.05, 3.63) is 65.5 Å². The smallest absolute Gasteiger partial charge is 0.273 e. The zero-order valence-corrected chi connectivity index (χ0v) is 18.1. The lowest BCUT2D eigenvalue weighted by Crippen LogP contribution is -2.40. The molecule has 1 aliphatic heterocycles. The molecule has 3 aromatic rings. The van der Waals surface area contributed by atoms with Gasteiger partial charge in [-0.1, -0.05) is 24.3 Å². The molecule has 7 heteroatoms. The Morgan fingerprint density at radius 3 is 2.94 bits per heavy atom. The third kappa shape index (κ3) is 4.89. The number of aryl methyl sites for hydroxylation is 1. The second kappa shape index (κ2) is 9.94. The van der Waals surface area contributed by atoms with Crippen LogP contribution in [0, 0.1) is 6.92 Å². The van der Waals surface area contributed by atoms with Crippen LogP contribution in [0.1, 0.15) is 46.3 Å². The first-order valence-corrected chi connectivity index (χ1v) is 10.7. The minimum Gasteiger partial charge on any atom is -0.382 e. The molecular formula is C24H28N4O3. The van der Waals surface area contributed by atoms with Gasteiger partial charge in [-0.3, -0.25) is 9.78 Å². The molecule has 1 aliphatic rings. The number of piperidine rings is 1. The number of aromatic nitrogens is 3. The molecule has 31 heavy (non-hydrogen) atoms. The van der Waals surface area contributed by atoms with Gasteiger partial charge >= 0.3 is 0 Å². The van der Waals surface area contributed by atoms with Gasteiger partial charge in [0.1, 0.15) is 11.5 Å². The summed E-state index contributed by atoms with van der Waals surface area (Å²) >= 11 is 0. The van der Waals surface area contributed by atoms with Crippen molar-refractivity contribution in [2.75, 3.05) is 33.4 Å². The lowest BCUT2D eigenvalue weighted by Gasteiger charge is -2.33. The lowest BCUT2D eigenvalue weighted by atomic mass is 9.91. The molecule has 7 nitrogen and oxygen atoms in total. The predicted molar refractivity (Wildman–Crippen MR) is 118 cm³/mol. The van der Waals surface area contributed by atoms with Gasteiger partial charge in [-0.2, -0.15) is 0 Å². The molecule has 0 N–H and O–H groups in total. The number of methoxy groups -OCH3 is 1. The van der Waals surface area contributed by atoms with Crippen molar-refractivity contribution >= 4 is 16.7 Å². The summed E-state index contributed by atoms with van der Waals surface area (Å²) in [4.78, 5) is 28.8. The van der Waals surface area contributed by atoms with Gasteiger partial charge in [0.15, 0.2) is 0 Å². The number of nitrogens with zero attached hydrogens (tertiary/aromatic N) is 4. The number of ether oxygens (including phenoxy) is 2. The highest BCUT2D eigenvalue weighted by molar-refractivity contribution is 6.05. The van der Waals surface area contributed by atoms with Crippen LogP contribution in [-0.4, -0.2) is 59.2 Å². The molecule has 1 atom stereocenters. The van der Waals surface area contributed by atoms with Crippen molar-refractivity contribution in [3.63, 3.8) is 0 Å². The average molecular weight is 421 g/mol. The van der Waals surface area contributed by atoms with Gasteiger partial charge in [0.05, 0.1) is 25.5 Å². The van der Waals surface area contributed by atoms with E-state index in [4.69, 9.17) is 14.5 Å². The number of amides is 1. The van der Waals surface area contributed by atoms with Crippen molar-refractivity contribution in [3.8, 4) is 0 Å². The molecule has 4 rings (SSSR count). The van der Waals surface area contributed by atoms with E-state index in [9.17, 15) is 4.79 Å². The summed E-state index contributed by atoms with van der Waals surface area (Å²) in [5.74, 6) is 0.857. The fourth-order valence-electron chi connectivity index (χ4n) is 4.13. The third-order valence-electron chi connectivity index (χ3n) is 5.68. The fraction of sp³-hybridized carbons (Fsp3) is 0.417. The van der Waals surface area contributed by atoms with Crippen molar-refractivity contribution in [1.29, 1.82) is 0 Å². The molecule has 1 fully saturated rings. The fourth-order valence-corrected chi connectivity index (χ4v) is 4.13. The predicted octanol–water partition coefficient (Wildman–Crippen LogP) is 3.52. The number of fused-ring (bicyclic) bond motifs is 1. The van der Waals surface area contributed by atoms with Crippen molar-refractivity contribution in [2.24, 2.45) is 0 Å². The van der Waals surface area contributed by atoms with Gasteiger partial charge in [0.25, 0.3) is 5.91 Å². The van der Waals surface area contributed by atoms with Crippen LogP contribution >= 0.6 is 0 Å². The summed E-state index contributed by atoms with van der Waals surface area (Å²) in [6.07, 6.45) is 5.46. The van der Waals surface area contributed by atoms with Gasteiger partial charge in [-0.15, -0.1) is 0 Å².